The summed E-state index contributed by atoms with van der Waals surface area (Å²) in [6.07, 6.45) is 11.2. The number of aromatic nitrogens is 10. The standard InChI is InChI=1S/C28H21N5O4.C26H19N7O4.C23H19N5O4.C21H22N6O3/c1-37-28(36)23-17-29-33(20-13-6-3-7-14-20)26(23)32-31-24-21-15-9-8-10-18(21)16-22(25(24)34)27(35)30-19-11-4-2-5-12-19;1-37-25(36)20-15-29-33(26-27-12-7-13-28-26)23(20)32-31-21-18-11-6-5-8-16(18)14-19(22(21)34)24(35)30-17-9-3-2-4-10-17;1-28-21(18(13-24-28)23(31)32-2)27-26-19-16-11-7-6-8-14(16)12-17(20(19)29)22(30)25-15-9-4-3-5-10-15;1-26-20(16(12-23-26)19(22)29)25-24-17-14-8-4-3-7-13(14)11-15(18(17)28)21(30)27-9-5-2-6-10-27/h2-17,34H,1H3,(H,30,35);2-15,34H,1H3,(H,30,35);3-13,29H,1-2H3,(H,25,30);3-4,7-8,11-12,28H,2,5-6,9-10H2,1H3,(H2,22,29). The van der Waals surface area contributed by atoms with Crippen molar-refractivity contribution in [2.75, 3.05) is 50.4 Å². The van der Waals surface area contributed by atoms with E-state index in [0.717, 1.165) is 24.6 Å². The molecule has 0 atom stereocenters. The molecule has 38 nitrogen and oxygen atoms in total. The second-order valence-electron chi connectivity index (χ2n) is 29.8. The maximum absolute atomic E-state index is 13.1. The number of azo groups is 4. The second-order valence-corrected chi connectivity index (χ2v) is 29.8. The fourth-order valence-electron chi connectivity index (χ4n) is 14.4. The Hall–Kier alpha value is -19.0. The summed E-state index contributed by atoms with van der Waals surface area (Å²) < 4.78 is 19.9. The molecular weight excluding hydrogens is 1740 g/mol. The van der Waals surface area contributed by atoms with Crippen LogP contribution in [0.2, 0.25) is 0 Å². The first kappa shape index (κ1) is 91.7. The number of para-hydroxylation sites is 4. The number of methoxy groups -OCH3 is 3. The number of fused-ring (bicyclic) bond motifs is 4. The van der Waals surface area contributed by atoms with Gasteiger partial charge in [-0.1, -0.05) is 170 Å². The van der Waals surface area contributed by atoms with Crippen LogP contribution >= 0.6 is 0 Å². The van der Waals surface area contributed by atoms with Crippen LogP contribution in [0.5, 0.6) is 23.0 Å². The number of carbonyl (C=O) groups excluding carboxylic acids is 8. The van der Waals surface area contributed by atoms with Gasteiger partial charge in [0.15, 0.2) is 46.3 Å². The lowest BCUT2D eigenvalue weighted by Crippen LogP contribution is -2.35. The molecule has 6 heterocycles. The molecule has 1 aliphatic heterocycles. The van der Waals surface area contributed by atoms with E-state index < -0.39 is 41.5 Å². The van der Waals surface area contributed by atoms with Crippen molar-refractivity contribution in [1.82, 2.24) is 54.0 Å². The summed E-state index contributed by atoms with van der Waals surface area (Å²) in [5.41, 5.74) is 8.73. The van der Waals surface area contributed by atoms with Gasteiger partial charge in [-0.25, -0.2) is 38.4 Å². The average Bonchev–Trinajstić information content (AvgIpc) is 0.921. The number of hydrogen-bond acceptors (Lipinski definition) is 29. The lowest BCUT2D eigenvalue weighted by Gasteiger charge is -2.27. The first-order valence-corrected chi connectivity index (χ1v) is 41.7. The van der Waals surface area contributed by atoms with Gasteiger partial charge in [-0.3, -0.25) is 24.0 Å². The van der Waals surface area contributed by atoms with Crippen LogP contribution in [0.25, 0.3) is 54.7 Å². The molecule has 0 spiro atoms. The van der Waals surface area contributed by atoms with Crippen molar-refractivity contribution in [1.29, 1.82) is 0 Å². The highest BCUT2D eigenvalue weighted by Gasteiger charge is 2.30. The number of ether oxygens (including phenoxy) is 3. The van der Waals surface area contributed by atoms with Gasteiger partial charge < -0.3 is 61.2 Å². The predicted octanol–water partition coefficient (Wildman–Crippen LogP) is 19.3. The van der Waals surface area contributed by atoms with Crippen molar-refractivity contribution < 1.29 is 73.0 Å². The maximum Gasteiger partial charge on any atom is 0.343 e. The predicted molar refractivity (Wildman–Crippen MR) is 504 cm³/mol. The summed E-state index contributed by atoms with van der Waals surface area (Å²) in [4.78, 5) is 110. The molecule has 0 aliphatic carbocycles. The third-order valence-electron chi connectivity index (χ3n) is 21.2. The number of hydrogen-bond donors (Lipinski definition) is 8. The third-order valence-corrected chi connectivity index (χ3v) is 21.2. The Labute approximate surface area is 772 Å². The minimum Gasteiger partial charge on any atom is -0.505 e. The number of primary amides is 1. The number of piperidine rings is 1. The topological polar surface area (TPSA) is 506 Å². The molecule has 9 N–H and O–H groups in total. The molecule has 1 saturated heterocycles. The minimum absolute atomic E-state index is 0.00425. The van der Waals surface area contributed by atoms with Gasteiger partial charge in [0, 0.05) is 78.2 Å². The first-order valence-electron chi connectivity index (χ1n) is 41.7. The van der Waals surface area contributed by atoms with E-state index in [-0.39, 0.29) is 125 Å². The van der Waals surface area contributed by atoms with Gasteiger partial charge in [-0.05, 0) is 120 Å². The highest BCUT2D eigenvalue weighted by molar-refractivity contribution is 6.15. The van der Waals surface area contributed by atoms with Crippen LogP contribution in [0.1, 0.15) is 102 Å². The maximum atomic E-state index is 13.1. The van der Waals surface area contributed by atoms with E-state index in [2.05, 4.69) is 87.2 Å². The van der Waals surface area contributed by atoms with Crippen LogP contribution in [0.3, 0.4) is 0 Å². The molecule has 0 radical (unpaired) electrons. The van der Waals surface area contributed by atoms with E-state index in [9.17, 15) is 58.8 Å². The Bertz CT molecular complexity index is 7290. The molecule has 0 bridgehead atoms. The number of aryl methyl sites for hydroxylation is 2. The normalized spacial score (nSPS) is 11.8. The van der Waals surface area contributed by atoms with Crippen LogP contribution in [0.15, 0.2) is 327 Å². The molecule has 0 unspecified atom stereocenters. The number of carbonyl (C=O) groups is 8. The largest absolute Gasteiger partial charge is 0.505 e. The van der Waals surface area contributed by atoms with E-state index in [1.165, 1.54) is 77.2 Å². The summed E-state index contributed by atoms with van der Waals surface area (Å²) in [6, 6.07) is 72.6. The number of likely N-dealkylation sites (tertiary alicyclic amines) is 1. The number of rotatable bonds is 21. The van der Waals surface area contributed by atoms with Gasteiger partial charge in [0.25, 0.3) is 35.5 Å². The number of nitrogens with two attached hydrogens (primary N) is 1. The number of phenolic OH excluding ortho intramolecular Hbond substituents is 4. The number of nitrogens with zero attached hydrogens (tertiary/aromatic N) is 19. The Morgan fingerprint density at radius 1 is 0.338 bits per heavy atom. The molecule has 12 aromatic carbocycles. The Morgan fingerprint density at radius 3 is 1.01 bits per heavy atom. The van der Waals surface area contributed by atoms with Crippen molar-refractivity contribution in [2.45, 2.75) is 19.3 Å². The van der Waals surface area contributed by atoms with E-state index in [0.29, 0.717) is 73.5 Å². The number of esters is 3. The van der Waals surface area contributed by atoms with Gasteiger partial charge in [-0.15, -0.1) is 40.9 Å². The van der Waals surface area contributed by atoms with Gasteiger partial charge in [0.2, 0.25) is 0 Å². The Balaban J connectivity index is 0.000000138. The van der Waals surface area contributed by atoms with E-state index in [4.69, 9.17) is 19.9 Å². The van der Waals surface area contributed by atoms with Crippen LogP contribution in [0.4, 0.5) is 63.1 Å². The first-order chi connectivity index (χ1) is 66.1. The molecule has 1 aliphatic rings. The number of nitrogens with one attached hydrogen (secondary N) is 3. The molecule has 18 rings (SSSR count). The van der Waals surface area contributed by atoms with Crippen LogP contribution < -0.4 is 21.7 Å². The van der Waals surface area contributed by atoms with E-state index >= 15 is 0 Å². The summed E-state index contributed by atoms with van der Waals surface area (Å²) in [6.45, 7) is 1.33. The zero-order chi connectivity index (χ0) is 95.5. The molecule has 136 heavy (non-hydrogen) atoms. The summed E-state index contributed by atoms with van der Waals surface area (Å²) >= 11 is 0. The second kappa shape index (κ2) is 42.0. The number of benzene rings is 12. The molecule has 17 aromatic rings. The van der Waals surface area contributed by atoms with Crippen molar-refractivity contribution in [3.8, 4) is 34.6 Å². The fourth-order valence-corrected chi connectivity index (χ4v) is 14.4. The summed E-state index contributed by atoms with van der Waals surface area (Å²) in [5, 5.41) is 108. The molecule has 38 heteroatoms. The molecule has 5 aromatic heterocycles. The zero-order valence-electron chi connectivity index (χ0n) is 73.0. The lowest BCUT2D eigenvalue weighted by atomic mass is 10.0. The van der Waals surface area contributed by atoms with Gasteiger partial charge in [0.1, 0.15) is 45.0 Å². The summed E-state index contributed by atoms with van der Waals surface area (Å²) in [5.74, 6) is -5.10. The Kier molecular flexibility index (Phi) is 28.3. The third kappa shape index (κ3) is 20.3. The van der Waals surface area contributed by atoms with Crippen LogP contribution in [-0.2, 0) is 28.3 Å². The fraction of sp³-hybridized carbons (Fsp3) is 0.102. The highest BCUT2D eigenvalue weighted by atomic mass is 16.5. The van der Waals surface area contributed by atoms with Crippen molar-refractivity contribution in [3.63, 3.8) is 0 Å². The average molecular weight is 1820 g/mol. The smallest absolute Gasteiger partial charge is 0.343 e. The van der Waals surface area contributed by atoms with Crippen LogP contribution in [-0.4, -0.2) is 156 Å². The van der Waals surface area contributed by atoms with E-state index in [1.807, 2.05) is 66.7 Å². The van der Waals surface area contributed by atoms with Crippen molar-refractivity contribution in [2.24, 2.45) is 60.7 Å². The quantitative estimate of drug-likeness (QED) is 0.0188. The number of amides is 5. The van der Waals surface area contributed by atoms with E-state index in [1.54, 1.807) is 201 Å². The van der Waals surface area contributed by atoms with Gasteiger partial charge in [-0.2, -0.15) is 25.1 Å². The molecular formula is C98H81N23O15. The number of phenols is 4. The van der Waals surface area contributed by atoms with Gasteiger partial charge >= 0.3 is 17.9 Å². The lowest BCUT2D eigenvalue weighted by molar-refractivity contribution is 0.0592. The summed E-state index contributed by atoms with van der Waals surface area (Å²) in [7, 11) is 6.95. The zero-order valence-corrected chi connectivity index (χ0v) is 73.0. The number of aromatic hydroxyl groups is 4. The molecule has 1 fully saturated rings. The highest BCUT2D eigenvalue weighted by Crippen LogP contribution is 2.46. The van der Waals surface area contributed by atoms with Crippen LogP contribution in [0, 0.1) is 0 Å². The minimum atomic E-state index is -0.693. The molecule has 0 saturated carbocycles. The number of anilines is 3. The molecule has 678 valence electrons. The van der Waals surface area contributed by atoms with Crippen molar-refractivity contribution in [3.05, 3.63) is 330 Å². The molecule has 5 amide bonds. The van der Waals surface area contributed by atoms with Gasteiger partial charge in [0.05, 0.1) is 74.1 Å². The Morgan fingerprint density at radius 2 is 0.640 bits per heavy atom. The SMILES string of the molecule is COC(=O)c1cnn(-c2ccccc2)c1N=Nc1c(O)c(C(=O)Nc2ccccc2)cc2ccccc12.COC(=O)c1cnn(-c2ncccn2)c1N=Nc1c(O)c(C(=O)Nc2ccccc2)cc2ccccc12.COC(=O)c1cnn(C)c1N=Nc1c(O)c(C(=O)Nc2ccccc2)cc2ccccc12.Cn1ncc(C(N)=O)c1N=Nc1c(O)c(C(=O)N2CCCCC2)cc2ccccc12. The monoisotopic (exact) mass is 1820 g/mol. The van der Waals surface area contributed by atoms with Crippen molar-refractivity contribution >= 4 is 154 Å².